The van der Waals surface area contributed by atoms with Crippen molar-refractivity contribution in [3.05, 3.63) is 41.7 Å². The highest BCUT2D eigenvalue weighted by molar-refractivity contribution is 5.60. The van der Waals surface area contributed by atoms with Gasteiger partial charge in [0, 0.05) is 12.1 Å². The van der Waals surface area contributed by atoms with Gasteiger partial charge in [-0.3, -0.25) is 0 Å². The molecule has 1 aromatic carbocycles. The molecule has 20 heavy (non-hydrogen) atoms. The summed E-state index contributed by atoms with van der Waals surface area (Å²) in [4.78, 5) is 8.33. The summed E-state index contributed by atoms with van der Waals surface area (Å²) >= 11 is 0. The van der Waals surface area contributed by atoms with E-state index < -0.39 is 11.6 Å². The number of hydrogen-bond donors (Lipinski definition) is 2. The largest absolute Gasteiger partial charge is 0.368 e. The molecule has 0 radical (unpaired) electrons. The zero-order chi connectivity index (χ0) is 14.7. The molecule has 0 saturated heterocycles. The summed E-state index contributed by atoms with van der Waals surface area (Å²) in [6, 6.07) is 5.49. The molecule has 0 atom stereocenters. The Hall–Kier alpha value is -2.24. The molecule has 2 aromatic rings. The van der Waals surface area contributed by atoms with E-state index in [0.717, 1.165) is 0 Å². The van der Waals surface area contributed by atoms with Crippen LogP contribution in [0.3, 0.4) is 0 Å². The third-order valence-electron chi connectivity index (χ3n) is 2.49. The minimum Gasteiger partial charge on any atom is -0.368 e. The number of aromatic nitrogens is 2. The van der Waals surface area contributed by atoms with Gasteiger partial charge in [0.1, 0.15) is 34.8 Å². The van der Waals surface area contributed by atoms with Crippen molar-refractivity contribution in [2.45, 2.75) is 26.8 Å². The fourth-order valence-electron chi connectivity index (χ4n) is 1.75. The van der Waals surface area contributed by atoms with Gasteiger partial charge in [0.25, 0.3) is 0 Å². The quantitative estimate of drug-likeness (QED) is 0.896. The van der Waals surface area contributed by atoms with E-state index in [9.17, 15) is 8.78 Å². The van der Waals surface area contributed by atoms with Crippen LogP contribution in [0.4, 0.5) is 26.1 Å². The lowest BCUT2D eigenvalue weighted by atomic mass is 10.3. The van der Waals surface area contributed by atoms with Gasteiger partial charge < -0.3 is 10.6 Å². The van der Waals surface area contributed by atoms with Crippen LogP contribution in [0.1, 0.15) is 19.7 Å². The van der Waals surface area contributed by atoms with Crippen molar-refractivity contribution in [3.63, 3.8) is 0 Å². The molecule has 0 aliphatic heterocycles. The van der Waals surface area contributed by atoms with Crippen LogP contribution in [0.15, 0.2) is 24.3 Å². The molecule has 0 aliphatic rings. The fourth-order valence-corrected chi connectivity index (χ4v) is 1.75. The van der Waals surface area contributed by atoms with Gasteiger partial charge in [0.05, 0.1) is 0 Å². The molecule has 1 heterocycles. The molecule has 0 fully saturated rings. The minimum atomic E-state index is -0.667. The summed E-state index contributed by atoms with van der Waals surface area (Å²) in [5.74, 6) is 0.116. The fraction of sp³-hybridized carbons (Fsp3) is 0.286. The smallest absolute Gasteiger partial charge is 0.149 e. The second-order valence-electron chi connectivity index (χ2n) is 4.71. The third-order valence-corrected chi connectivity index (χ3v) is 2.49. The molecule has 0 unspecified atom stereocenters. The van der Waals surface area contributed by atoms with Crippen LogP contribution in [-0.4, -0.2) is 16.0 Å². The molecule has 4 nitrogen and oxygen atoms in total. The van der Waals surface area contributed by atoms with E-state index in [1.54, 1.807) is 13.0 Å². The minimum absolute atomic E-state index is 0.197. The van der Waals surface area contributed by atoms with Gasteiger partial charge >= 0.3 is 0 Å². The first-order chi connectivity index (χ1) is 9.45. The zero-order valence-electron chi connectivity index (χ0n) is 11.5. The van der Waals surface area contributed by atoms with E-state index in [1.165, 1.54) is 18.2 Å². The first-order valence-electron chi connectivity index (χ1n) is 6.29. The number of benzene rings is 1. The summed E-state index contributed by atoms with van der Waals surface area (Å²) in [5.41, 5.74) is -0.221. The van der Waals surface area contributed by atoms with Crippen molar-refractivity contribution in [3.8, 4) is 0 Å². The topological polar surface area (TPSA) is 49.8 Å². The number of hydrogen-bond acceptors (Lipinski definition) is 4. The Morgan fingerprint density at radius 3 is 2.25 bits per heavy atom. The second kappa shape index (κ2) is 5.81. The first kappa shape index (κ1) is 14.2. The average molecular weight is 278 g/mol. The van der Waals surface area contributed by atoms with E-state index in [0.29, 0.717) is 17.5 Å². The van der Waals surface area contributed by atoms with Crippen molar-refractivity contribution < 1.29 is 8.78 Å². The molecular formula is C14H16F2N4. The first-order valence-corrected chi connectivity index (χ1v) is 6.29. The molecule has 0 aliphatic carbocycles. The Labute approximate surface area is 116 Å². The van der Waals surface area contributed by atoms with Crippen LogP contribution < -0.4 is 10.6 Å². The van der Waals surface area contributed by atoms with Gasteiger partial charge in [-0.25, -0.2) is 18.7 Å². The van der Waals surface area contributed by atoms with Gasteiger partial charge in [-0.1, -0.05) is 6.07 Å². The van der Waals surface area contributed by atoms with E-state index in [1.807, 2.05) is 13.8 Å². The van der Waals surface area contributed by atoms with E-state index >= 15 is 0 Å². The molecule has 6 heteroatoms. The van der Waals surface area contributed by atoms with Crippen LogP contribution >= 0.6 is 0 Å². The number of aryl methyl sites for hydroxylation is 1. The van der Waals surface area contributed by atoms with Gasteiger partial charge in [-0.2, -0.15) is 0 Å². The Morgan fingerprint density at radius 2 is 1.65 bits per heavy atom. The second-order valence-corrected chi connectivity index (χ2v) is 4.71. The number of nitrogens with zero attached hydrogens (tertiary/aromatic N) is 2. The highest BCUT2D eigenvalue weighted by atomic mass is 19.1. The summed E-state index contributed by atoms with van der Waals surface area (Å²) in [6.45, 7) is 5.66. The zero-order valence-corrected chi connectivity index (χ0v) is 11.5. The highest BCUT2D eigenvalue weighted by Gasteiger charge is 2.10. The van der Waals surface area contributed by atoms with Crippen molar-refractivity contribution >= 4 is 17.3 Å². The standard InChI is InChI=1S/C14H16F2N4/c1-8(2)17-12-7-13(19-9(3)18-12)20-14-10(15)5-4-6-11(14)16/h4-8H,1-3H3,(H2,17,18,19,20). The lowest BCUT2D eigenvalue weighted by Crippen LogP contribution is -2.12. The summed E-state index contributed by atoms with van der Waals surface area (Å²) in [7, 11) is 0. The lowest BCUT2D eigenvalue weighted by molar-refractivity contribution is 0.590. The number of nitrogens with one attached hydrogen (secondary N) is 2. The van der Waals surface area contributed by atoms with Crippen molar-refractivity contribution in [1.82, 2.24) is 9.97 Å². The van der Waals surface area contributed by atoms with Gasteiger partial charge in [-0.15, -0.1) is 0 Å². The van der Waals surface area contributed by atoms with Crippen LogP contribution in [0.5, 0.6) is 0 Å². The monoisotopic (exact) mass is 278 g/mol. The molecule has 0 amide bonds. The molecular weight excluding hydrogens is 262 g/mol. The highest BCUT2D eigenvalue weighted by Crippen LogP contribution is 2.23. The van der Waals surface area contributed by atoms with E-state index in [-0.39, 0.29) is 11.7 Å². The molecule has 0 saturated carbocycles. The maximum Gasteiger partial charge on any atom is 0.149 e. The number of para-hydroxylation sites is 1. The Bertz CT molecular complexity index is 594. The Balaban J connectivity index is 2.31. The maximum atomic E-state index is 13.6. The molecule has 0 bridgehead atoms. The number of anilines is 3. The Morgan fingerprint density at radius 1 is 1.05 bits per heavy atom. The van der Waals surface area contributed by atoms with Crippen LogP contribution in [0.2, 0.25) is 0 Å². The number of rotatable bonds is 4. The van der Waals surface area contributed by atoms with Crippen LogP contribution in [0, 0.1) is 18.6 Å². The van der Waals surface area contributed by atoms with Crippen molar-refractivity contribution in [1.29, 1.82) is 0 Å². The predicted octanol–water partition coefficient (Wildman–Crippen LogP) is 3.63. The maximum absolute atomic E-state index is 13.6. The SMILES string of the molecule is Cc1nc(Nc2c(F)cccc2F)cc(NC(C)C)n1. The molecule has 0 spiro atoms. The Kier molecular flexibility index (Phi) is 4.12. The van der Waals surface area contributed by atoms with Crippen molar-refractivity contribution in [2.75, 3.05) is 10.6 Å². The third kappa shape index (κ3) is 3.40. The summed E-state index contributed by atoms with van der Waals surface area (Å²) in [5, 5.41) is 5.78. The average Bonchev–Trinajstić information content (AvgIpc) is 2.32. The van der Waals surface area contributed by atoms with Crippen molar-refractivity contribution in [2.24, 2.45) is 0 Å². The van der Waals surface area contributed by atoms with Gasteiger partial charge in [-0.05, 0) is 32.9 Å². The predicted molar refractivity (Wildman–Crippen MR) is 75.2 cm³/mol. The molecule has 106 valence electrons. The number of halogens is 2. The lowest BCUT2D eigenvalue weighted by Gasteiger charge is -2.12. The van der Waals surface area contributed by atoms with E-state index in [4.69, 9.17) is 0 Å². The molecule has 1 aromatic heterocycles. The normalized spacial score (nSPS) is 10.7. The molecule has 2 rings (SSSR count). The summed E-state index contributed by atoms with van der Waals surface area (Å²) < 4.78 is 27.2. The van der Waals surface area contributed by atoms with Crippen LogP contribution in [0.25, 0.3) is 0 Å². The van der Waals surface area contributed by atoms with Crippen LogP contribution in [-0.2, 0) is 0 Å². The van der Waals surface area contributed by atoms with E-state index in [2.05, 4.69) is 20.6 Å². The van der Waals surface area contributed by atoms with Gasteiger partial charge in [0.15, 0.2) is 0 Å². The van der Waals surface area contributed by atoms with Gasteiger partial charge in [0.2, 0.25) is 0 Å². The summed E-state index contributed by atoms with van der Waals surface area (Å²) in [6.07, 6.45) is 0. The molecule has 2 N–H and O–H groups in total.